The first-order valence-electron chi connectivity index (χ1n) is 7.28. The van der Waals surface area contributed by atoms with Gasteiger partial charge in [-0.2, -0.15) is 0 Å². The van der Waals surface area contributed by atoms with Crippen molar-refractivity contribution >= 4 is 15.9 Å². The minimum absolute atomic E-state index is 0.180. The molecule has 1 aliphatic heterocycles. The highest BCUT2D eigenvalue weighted by molar-refractivity contribution is 9.10. The van der Waals surface area contributed by atoms with Gasteiger partial charge in [0, 0.05) is 43.7 Å². The molecule has 2 rings (SSSR count). The van der Waals surface area contributed by atoms with Crippen molar-refractivity contribution in [3.05, 3.63) is 28.2 Å². The standard InChI is InChI=1S/C16H24BrNO3/c1-18-15(16(20-3)6-8-21-9-7-16)11-12-10-13(17)4-5-14(12)19-2/h4-5,10,15,18H,6-9,11H2,1-3H3. The highest BCUT2D eigenvalue weighted by atomic mass is 79.9. The van der Waals surface area contributed by atoms with Gasteiger partial charge in [0.25, 0.3) is 0 Å². The van der Waals surface area contributed by atoms with Crippen molar-refractivity contribution in [3.63, 3.8) is 0 Å². The average Bonchev–Trinajstić information content (AvgIpc) is 2.53. The lowest BCUT2D eigenvalue weighted by atomic mass is 9.82. The number of benzene rings is 1. The largest absolute Gasteiger partial charge is 0.496 e. The van der Waals surface area contributed by atoms with Gasteiger partial charge < -0.3 is 19.5 Å². The molecule has 0 bridgehead atoms. The fraction of sp³-hybridized carbons (Fsp3) is 0.625. The molecule has 118 valence electrons. The molecule has 21 heavy (non-hydrogen) atoms. The highest BCUT2D eigenvalue weighted by Crippen LogP contribution is 2.32. The summed E-state index contributed by atoms with van der Waals surface area (Å²) >= 11 is 3.54. The Kier molecular flexibility index (Phi) is 6.05. The van der Waals surface area contributed by atoms with E-state index in [1.165, 1.54) is 5.56 Å². The van der Waals surface area contributed by atoms with E-state index in [0.29, 0.717) is 0 Å². The summed E-state index contributed by atoms with van der Waals surface area (Å²) in [5.41, 5.74) is 0.995. The summed E-state index contributed by atoms with van der Waals surface area (Å²) in [6, 6.07) is 6.33. The number of nitrogens with one attached hydrogen (secondary N) is 1. The van der Waals surface area contributed by atoms with Crippen molar-refractivity contribution < 1.29 is 14.2 Å². The van der Waals surface area contributed by atoms with Crippen molar-refractivity contribution in [2.45, 2.75) is 30.9 Å². The number of rotatable bonds is 6. The summed E-state index contributed by atoms with van der Waals surface area (Å²) in [5, 5.41) is 3.43. The van der Waals surface area contributed by atoms with E-state index in [1.54, 1.807) is 14.2 Å². The van der Waals surface area contributed by atoms with Crippen molar-refractivity contribution in [2.24, 2.45) is 0 Å². The number of likely N-dealkylation sites (N-methyl/N-ethyl adjacent to an activating group) is 1. The Bertz CT molecular complexity index is 461. The van der Waals surface area contributed by atoms with Gasteiger partial charge in [0.15, 0.2) is 0 Å². The smallest absolute Gasteiger partial charge is 0.122 e. The molecule has 1 N–H and O–H groups in total. The first-order chi connectivity index (χ1) is 10.1. The molecule has 0 saturated carbocycles. The number of hydrogen-bond acceptors (Lipinski definition) is 4. The van der Waals surface area contributed by atoms with Crippen LogP contribution in [0.25, 0.3) is 0 Å². The van der Waals surface area contributed by atoms with Gasteiger partial charge in [0.05, 0.1) is 12.7 Å². The van der Waals surface area contributed by atoms with E-state index in [0.717, 1.165) is 42.7 Å². The zero-order valence-electron chi connectivity index (χ0n) is 12.9. The maximum Gasteiger partial charge on any atom is 0.122 e. The molecular weight excluding hydrogens is 334 g/mol. The van der Waals surface area contributed by atoms with Crippen LogP contribution in [0.3, 0.4) is 0 Å². The number of methoxy groups -OCH3 is 2. The summed E-state index contributed by atoms with van der Waals surface area (Å²) < 4.78 is 18.0. The van der Waals surface area contributed by atoms with Gasteiger partial charge in [0.2, 0.25) is 0 Å². The third kappa shape index (κ3) is 3.77. The van der Waals surface area contributed by atoms with Gasteiger partial charge >= 0.3 is 0 Å². The fourth-order valence-corrected chi connectivity index (χ4v) is 3.50. The fourth-order valence-electron chi connectivity index (χ4n) is 3.09. The van der Waals surface area contributed by atoms with Crippen LogP contribution in [0.2, 0.25) is 0 Å². The maximum atomic E-state index is 5.91. The van der Waals surface area contributed by atoms with Gasteiger partial charge in [0.1, 0.15) is 5.75 Å². The summed E-state index contributed by atoms with van der Waals surface area (Å²) in [6.07, 6.45) is 2.67. The first-order valence-corrected chi connectivity index (χ1v) is 8.07. The SMILES string of the molecule is CNC(Cc1cc(Br)ccc1OC)C1(OC)CCOCC1. The molecule has 1 aromatic rings. The molecule has 0 aromatic heterocycles. The third-order valence-corrected chi connectivity index (χ3v) is 4.89. The molecule has 0 aliphatic carbocycles. The molecule has 1 heterocycles. The molecule has 0 amide bonds. The molecule has 1 aliphatic rings. The second kappa shape index (κ2) is 7.58. The summed E-state index contributed by atoms with van der Waals surface area (Å²) in [5.74, 6) is 0.914. The molecule has 1 saturated heterocycles. The van der Waals surface area contributed by atoms with Crippen LogP contribution < -0.4 is 10.1 Å². The lowest BCUT2D eigenvalue weighted by molar-refractivity contribution is -0.109. The molecule has 4 nitrogen and oxygen atoms in total. The normalized spacial score (nSPS) is 19.2. The van der Waals surface area contributed by atoms with Crippen LogP contribution in [0.1, 0.15) is 18.4 Å². The Hall–Kier alpha value is -0.620. The van der Waals surface area contributed by atoms with Gasteiger partial charge in [-0.15, -0.1) is 0 Å². The minimum atomic E-state index is -0.180. The summed E-state index contributed by atoms with van der Waals surface area (Å²) in [4.78, 5) is 0. The van der Waals surface area contributed by atoms with Gasteiger partial charge in [-0.1, -0.05) is 15.9 Å². The first kappa shape index (κ1) is 16.7. The van der Waals surface area contributed by atoms with E-state index in [9.17, 15) is 0 Å². The number of ether oxygens (including phenoxy) is 3. The Labute approximate surface area is 135 Å². The second-order valence-electron chi connectivity index (χ2n) is 5.38. The van der Waals surface area contributed by atoms with Crippen LogP contribution in [0.15, 0.2) is 22.7 Å². The predicted molar refractivity (Wildman–Crippen MR) is 87.0 cm³/mol. The van der Waals surface area contributed by atoms with Gasteiger partial charge in [-0.05, 0) is 37.2 Å². The van der Waals surface area contributed by atoms with Crippen molar-refractivity contribution in [3.8, 4) is 5.75 Å². The number of halogens is 1. The Balaban J connectivity index is 2.23. The maximum absolute atomic E-state index is 5.91. The van der Waals surface area contributed by atoms with E-state index in [1.807, 2.05) is 19.2 Å². The molecule has 1 atom stereocenters. The van der Waals surface area contributed by atoms with E-state index in [2.05, 4.69) is 27.3 Å². The predicted octanol–water partition coefficient (Wildman–Crippen LogP) is 2.78. The molecule has 1 fully saturated rings. The zero-order valence-corrected chi connectivity index (χ0v) is 14.5. The van der Waals surface area contributed by atoms with E-state index in [4.69, 9.17) is 14.2 Å². The van der Waals surface area contributed by atoms with Gasteiger partial charge in [-0.25, -0.2) is 0 Å². The third-order valence-electron chi connectivity index (χ3n) is 4.40. The highest BCUT2D eigenvalue weighted by Gasteiger charge is 2.40. The van der Waals surface area contributed by atoms with Crippen LogP contribution in [-0.2, 0) is 15.9 Å². The zero-order chi connectivity index (χ0) is 15.3. The minimum Gasteiger partial charge on any atom is -0.496 e. The van der Waals surface area contributed by atoms with E-state index >= 15 is 0 Å². The lowest BCUT2D eigenvalue weighted by Crippen LogP contribution is -2.55. The van der Waals surface area contributed by atoms with Crippen molar-refractivity contribution in [1.29, 1.82) is 0 Å². The van der Waals surface area contributed by atoms with Crippen LogP contribution in [0, 0.1) is 0 Å². The Morgan fingerprint density at radius 2 is 2.05 bits per heavy atom. The quantitative estimate of drug-likeness (QED) is 0.849. The van der Waals surface area contributed by atoms with E-state index in [-0.39, 0.29) is 11.6 Å². The summed E-state index contributed by atoms with van der Waals surface area (Å²) in [7, 11) is 5.50. The second-order valence-corrected chi connectivity index (χ2v) is 6.30. The van der Waals surface area contributed by atoms with Crippen LogP contribution in [-0.4, -0.2) is 46.1 Å². The van der Waals surface area contributed by atoms with Crippen LogP contribution in [0.5, 0.6) is 5.75 Å². The monoisotopic (exact) mass is 357 g/mol. The number of hydrogen-bond donors (Lipinski definition) is 1. The average molecular weight is 358 g/mol. The van der Waals surface area contributed by atoms with Crippen LogP contribution >= 0.6 is 15.9 Å². The van der Waals surface area contributed by atoms with Crippen molar-refractivity contribution in [1.82, 2.24) is 5.32 Å². The Morgan fingerprint density at radius 1 is 1.33 bits per heavy atom. The Morgan fingerprint density at radius 3 is 2.62 bits per heavy atom. The molecule has 1 aromatic carbocycles. The molecule has 0 spiro atoms. The lowest BCUT2D eigenvalue weighted by Gasteiger charge is -2.42. The molecular formula is C16H24BrNO3. The molecule has 1 unspecified atom stereocenters. The molecule has 0 radical (unpaired) electrons. The van der Waals surface area contributed by atoms with Crippen LogP contribution in [0.4, 0.5) is 0 Å². The topological polar surface area (TPSA) is 39.7 Å². The summed E-state index contributed by atoms with van der Waals surface area (Å²) in [6.45, 7) is 1.50. The van der Waals surface area contributed by atoms with Gasteiger partial charge in [-0.3, -0.25) is 0 Å². The van der Waals surface area contributed by atoms with E-state index < -0.39 is 0 Å². The van der Waals surface area contributed by atoms with Crippen molar-refractivity contribution in [2.75, 3.05) is 34.5 Å². The molecule has 5 heteroatoms.